The number of Topliss-reactive ketones (excluding diaryl/α,β-unsaturated/α-hetero) is 1. The fourth-order valence-electron chi connectivity index (χ4n) is 2.06. The summed E-state index contributed by atoms with van der Waals surface area (Å²) in [6.07, 6.45) is -0.137. The van der Waals surface area contributed by atoms with E-state index in [0.29, 0.717) is 19.2 Å². The highest BCUT2D eigenvalue weighted by Gasteiger charge is 2.22. The van der Waals surface area contributed by atoms with E-state index in [9.17, 15) is 18.4 Å². The molecule has 4 nitrogen and oxygen atoms in total. The van der Waals surface area contributed by atoms with Crippen LogP contribution in [-0.4, -0.2) is 36.7 Å². The molecule has 0 fully saturated rings. The highest BCUT2D eigenvalue weighted by atomic mass is 35.5. The van der Waals surface area contributed by atoms with Crippen LogP contribution in [0.5, 0.6) is 0 Å². The van der Waals surface area contributed by atoms with E-state index in [1.165, 1.54) is 4.90 Å². The predicted molar refractivity (Wildman–Crippen MR) is 87.6 cm³/mol. The first-order valence-corrected chi connectivity index (χ1v) is 7.08. The molecule has 1 aromatic rings. The van der Waals surface area contributed by atoms with Crippen LogP contribution in [0.4, 0.5) is 8.78 Å². The van der Waals surface area contributed by atoms with Crippen LogP contribution in [0.15, 0.2) is 18.2 Å². The van der Waals surface area contributed by atoms with Crippen LogP contribution in [0.3, 0.4) is 0 Å². The molecule has 0 radical (unpaired) electrons. The molecule has 0 saturated heterocycles. The second-order valence-corrected chi connectivity index (χ2v) is 6.17. The topological polar surface area (TPSA) is 63.4 Å². The van der Waals surface area contributed by atoms with Crippen molar-refractivity contribution in [2.75, 3.05) is 20.1 Å². The van der Waals surface area contributed by atoms with E-state index >= 15 is 0 Å². The molecule has 0 heterocycles. The number of carbonyl (C=O) groups is 2. The molecule has 0 unspecified atom stereocenters. The van der Waals surface area contributed by atoms with Gasteiger partial charge in [0.25, 0.3) is 0 Å². The van der Waals surface area contributed by atoms with Crippen LogP contribution in [-0.2, 0) is 4.79 Å². The molecule has 0 atom stereocenters. The fourth-order valence-corrected chi connectivity index (χ4v) is 2.06. The molecule has 2 N–H and O–H groups in total. The zero-order chi connectivity index (χ0) is 16.9. The van der Waals surface area contributed by atoms with Gasteiger partial charge in [-0.15, -0.1) is 12.4 Å². The predicted octanol–water partition coefficient (Wildman–Crippen LogP) is 2.79. The van der Waals surface area contributed by atoms with Crippen LogP contribution in [0, 0.1) is 17.0 Å². The van der Waals surface area contributed by atoms with Gasteiger partial charge in [0.05, 0.1) is 5.56 Å². The molecule has 0 aliphatic heterocycles. The van der Waals surface area contributed by atoms with E-state index in [1.807, 2.05) is 13.8 Å². The number of nitrogens with two attached hydrogens (primary N) is 1. The van der Waals surface area contributed by atoms with Crippen molar-refractivity contribution in [1.29, 1.82) is 0 Å². The summed E-state index contributed by atoms with van der Waals surface area (Å²) in [7, 11) is 1.64. The van der Waals surface area contributed by atoms with Crippen molar-refractivity contribution in [2.45, 2.75) is 26.7 Å². The molecule has 7 heteroatoms. The smallest absolute Gasteiger partial charge is 0.222 e. The van der Waals surface area contributed by atoms with Gasteiger partial charge in [-0.05, 0) is 24.1 Å². The van der Waals surface area contributed by atoms with Gasteiger partial charge in [0.2, 0.25) is 5.91 Å². The first kappa shape index (κ1) is 21.5. The van der Waals surface area contributed by atoms with Crippen LogP contribution < -0.4 is 5.73 Å². The monoisotopic (exact) mass is 348 g/mol. The minimum absolute atomic E-state index is 0. The molecule has 1 rings (SSSR count). The maximum atomic E-state index is 13.5. The second-order valence-electron chi connectivity index (χ2n) is 6.17. The Hall–Kier alpha value is -1.53. The summed E-state index contributed by atoms with van der Waals surface area (Å²) in [6, 6.07) is 2.78. The molecule has 1 amide bonds. The Morgan fingerprint density at radius 1 is 1.22 bits per heavy atom. The van der Waals surface area contributed by atoms with Gasteiger partial charge in [0.15, 0.2) is 5.78 Å². The van der Waals surface area contributed by atoms with Crippen molar-refractivity contribution in [2.24, 2.45) is 11.1 Å². The van der Waals surface area contributed by atoms with Crippen molar-refractivity contribution in [3.8, 4) is 0 Å². The van der Waals surface area contributed by atoms with E-state index < -0.39 is 17.4 Å². The lowest BCUT2D eigenvalue weighted by atomic mass is 9.93. The minimum atomic E-state index is -0.907. The molecule has 0 spiro atoms. The van der Waals surface area contributed by atoms with Gasteiger partial charge in [0.1, 0.15) is 11.6 Å². The minimum Gasteiger partial charge on any atom is -0.345 e. The number of rotatable bonds is 7. The number of halogens is 3. The molecule has 0 aliphatic carbocycles. The van der Waals surface area contributed by atoms with Crippen LogP contribution in [0.25, 0.3) is 0 Å². The summed E-state index contributed by atoms with van der Waals surface area (Å²) in [4.78, 5) is 25.4. The summed E-state index contributed by atoms with van der Waals surface area (Å²) >= 11 is 0. The van der Waals surface area contributed by atoms with Crippen molar-refractivity contribution in [3.05, 3.63) is 35.4 Å². The Labute approximate surface area is 141 Å². The van der Waals surface area contributed by atoms with Gasteiger partial charge in [0, 0.05) is 32.5 Å². The average Bonchev–Trinajstić information content (AvgIpc) is 2.43. The average molecular weight is 349 g/mol. The lowest BCUT2D eigenvalue weighted by Gasteiger charge is -2.29. The van der Waals surface area contributed by atoms with Crippen molar-refractivity contribution >= 4 is 24.1 Å². The van der Waals surface area contributed by atoms with Crippen molar-refractivity contribution in [1.82, 2.24) is 4.90 Å². The summed E-state index contributed by atoms with van der Waals surface area (Å²) in [5.41, 5.74) is 5.21. The maximum absolute atomic E-state index is 13.5. The van der Waals surface area contributed by atoms with E-state index in [0.717, 1.165) is 12.1 Å². The quantitative estimate of drug-likeness (QED) is 0.771. The number of hydrogen-bond donors (Lipinski definition) is 1. The number of benzene rings is 1. The fraction of sp³-hybridized carbons (Fsp3) is 0.500. The van der Waals surface area contributed by atoms with Gasteiger partial charge >= 0.3 is 0 Å². The summed E-state index contributed by atoms with van der Waals surface area (Å²) in [5.74, 6) is -2.38. The first-order valence-electron chi connectivity index (χ1n) is 7.08. The van der Waals surface area contributed by atoms with Crippen molar-refractivity contribution in [3.63, 3.8) is 0 Å². The van der Waals surface area contributed by atoms with Gasteiger partial charge in [-0.25, -0.2) is 8.78 Å². The Kier molecular flexibility index (Phi) is 8.34. The SMILES string of the molecule is CN(CC(C)(C)CN)C(=O)CCC(=O)c1ccc(F)cc1F.Cl. The number of nitrogens with zero attached hydrogens (tertiary/aromatic N) is 1. The third kappa shape index (κ3) is 6.62. The Morgan fingerprint density at radius 2 is 1.83 bits per heavy atom. The molecule has 0 saturated carbocycles. The molecular formula is C16H23ClF2N2O2. The molecular weight excluding hydrogens is 326 g/mol. The standard InChI is InChI=1S/C16H22F2N2O2.ClH/c1-16(2,9-19)10-20(3)15(22)7-6-14(21)12-5-4-11(17)8-13(12)18;/h4-5,8H,6-7,9-10,19H2,1-3H3;1H. The van der Waals surface area contributed by atoms with E-state index in [2.05, 4.69) is 0 Å². The third-order valence-corrected chi connectivity index (χ3v) is 3.44. The second kappa shape index (κ2) is 8.93. The highest BCUT2D eigenvalue weighted by Crippen LogP contribution is 2.16. The zero-order valence-electron chi connectivity index (χ0n) is 13.6. The lowest BCUT2D eigenvalue weighted by Crippen LogP contribution is -2.39. The van der Waals surface area contributed by atoms with Crippen LogP contribution in [0.1, 0.15) is 37.0 Å². The van der Waals surface area contributed by atoms with Gasteiger partial charge in [-0.2, -0.15) is 0 Å². The Morgan fingerprint density at radius 3 is 2.35 bits per heavy atom. The number of amides is 1. The largest absolute Gasteiger partial charge is 0.345 e. The molecule has 130 valence electrons. The van der Waals surface area contributed by atoms with Crippen molar-refractivity contribution < 1.29 is 18.4 Å². The zero-order valence-corrected chi connectivity index (χ0v) is 14.4. The number of carbonyl (C=O) groups excluding carboxylic acids is 2. The maximum Gasteiger partial charge on any atom is 0.222 e. The molecule has 0 bridgehead atoms. The first-order chi connectivity index (χ1) is 10.2. The molecule has 0 aromatic heterocycles. The molecule has 1 aromatic carbocycles. The number of ketones is 1. The van der Waals surface area contributed by atoms with Crippen LogP contribution in [0.2, 0.25) is 0 Å². The summed E-state index contributed by atoms with van der Waals surface area (Å²) in [6.45, 7) is 4.79. The molecule has 0 aliphatic rings. The Balaban J connectivity index is 0.00000484. The van der Waals surface area contributed by atoms with E-state index in [1.54, 1.807) is 7.05 Å². The normalized spacial score (nSPS) is 10.9. The third-order valence-electron chi connectivity index (χ3n) is 3.44. The van der Waals surface area contributed by atoms with Gasteiger partial charge in [-0.1, -0.05) is 13.8 Å². The number of hydrogen-bond acceptors (Lipinski definition) is 3. The summed E-state index contributed by atoms with van der Waals surface area (Å²) < 4.78 is 26.3. The Bertz CT molecular complexity index is 565. The highest BCUT2D eigenvalue weighted by molar-refractivity contribution is 5.98. The van der Waals surface area contributed by atoms with E-state index in [4.69, 9.17) is 5.73 Å². The summed E-state index contributed by atoms with van der Waals surface area (Å²) in [5, 5.41) is 0. The molecule has 23 heavy (non-hydrogen) atoms. The van der Waals surface area contributed by atoms with Crippen LogP contribution >= 0.6 is 12.4 Å². The lowest BCUT2D eigenvalue weighted by molar-refractivity contribution is -0.131. The van der Waals surface area contributed by atoms with Gasteiger partial charge in [-0.3, -0.25) is 9.59 Å². The van der Waals surface area contributed by atoms with Gasteiger partial charge < -0.3 is 10.6 Å². The van der Waals surface area contributed by atoms with E-state index in [-0.39, 0.29) is 42.1 Å².